The van der Waals surface area contributed by atoms with Crippen LogP contribution in [0.5, 0.6) is 0 Å². The van der Waals surface area contributed by atoms with Gasteiger partial charge >= 0.3 is 10.4 Å². The lowest BCUT2D eigenvalue weighted by Crippen LogP contribution is -2.10. The minimum atomic E-state index is -4.67. The Labute approximate surface area is 123 Å². The molecule has 0 heterocycles. The summed E-state index contributed by atoms with van der Waals surface area (Å²) < 4.78 is 31.6. The maximum absolute atomic E-state index is 8.74. The van der Waals surface area contributed by atoms with Crippen LogP contribution >= 0.6 is 0 Å². The van der Waals surface area contributed by atoms with Crippen LogP contribution < -0.4 is 0 Å². The molecule has 1 saturated carbocycles. The molecule has 2 bridgehead atoms. The molecule has 0 saturated heterocycles. The molecule has 0 amide bonds. The van der Waals surface area contributed by atoms with Gasteiger partial charge in [-0.1, -0.05) is 44.8 Å². The van der Waals surface area contributed by atoms with E-state index in [1.54, 1.807) is 0 Å². The number of rotatable bonds is 6. The van der Waals surface area contributed by atoms with Gasteiger partial charge in [-0.3, -0.25) is 9.11 Å². The van der Waals surface area contributed by atoms with Crippen LogP contribution in [0.4, 0.5) is 0 Å². The Kier molecular flexibility index (Phi) is 7.20. The van der Waals surface area contributed by atoms with Crippen LogP contribution in [0.3, 0.4) is 0 Å². The second kappa shape index (κ2) is 8.15. The lowest BCUT2D eigenvalue weighted by atomic mass is 9.82. The van der Waals surface area contributed by atoms with Gasteiger partial charge in [0.2, 0.25) is 0 Å². The van der Waals surface area contributed by atoms with Gasteiger partial charge < -0.3 is 0 Å². The molecule has 0 aromatic carbocycles. The van der Waals surface area contributed by atoms with Crippen molar-refractivity contribution in [2.45, 2.75) is 65.2 Å². The standard InChI is InChI=1S/C15H26.H2O4S/c1-3-5-7-13(6-4-2)15-11-12-8-9-14(15)10-12;1-5(2,3)4/h11-14H,3-10H2,1-2H3;(H2,1,2,3,4). The zero-order valence-electron chi connectivity index (χ0n) is 12.6. The molecular formula is C15H28O4S. The predicted octanol–water partition coefficient (Wildman–Crippen LogP) is 4.30. The fourth-order valence-electron chi connectivity index (χ4n) is 3.62. The Bertz CT molecular complexity index is 406. The Hall–Kier alpha value is -0.390. The van der Waals surface area contributed by atoms with Crippen molar-refractivity contribution in [2.75, 3.05) is 0 Å². The van der Waals surface area contributed by atoms with Crippen molar-refractivity contribution in [1.82, 2.24) is 0 Å². The van der Waals surface area contributed by atoms with E-state index in [9.17, 15) is 0 Å². The molecule has 4 nitrogen and oxygen atoms in total. The van der Waals surface area contributed by atoms with Crippen LogP contribution in [-0.2, 0) is 10.4 Å². The summed E-state index contributed by atoms with van der Waals surface area (Å²) in [6.07, 6.45) is 14.2. The van der Waals surface area contributed by atoms with Crippen molar-refractivity contribution in [3.8, 4) is 0 Å². The number of hydrogen-bond donors (Lipinski definition) is 2. The zero-order valence-corrected chi connectivity index (χ0v) is 13.4. The topological polar surface area (TPSA) is 74.6 Å². The summed E-state index contributed by atoms with van der Waals surface area (Å²) in [7, 11) is -4.67. The zero-order chi connectivity index (χ0) is 15.2. The maximum atomic E-state index is 8.74. The number of allylic oxidation sites excluding steroid dienone is 2. The highest BCUT2D eigenvalue weighted by atomic mass is 32.3. The van der Waals surface area contributed by atoms with Crippen LogP contribution in [0.1, 0.15) is 65.2 Å². The fourth-order valence-corrected chi connectivity index (χ4v) is 3.62. The molecule has 118 valence electrons. The molecule has 2 N–H and O–H groups in total. The lowest BCUT2D eigenvalue weighted by molar-refractivity contribution is 0.381. The average Bonchev–Trinajstić information content (AvgIpc) is 2.94. The van der Waals surface area contributed by atoms with E-state index < -0.39 is 10.4 Å². The van der Waals surface area contributed by atoms with Crippen molar-refractivity contribution in [3.05, 3.63) is 11.6 Å². The third-order valence-corrected chi connectivity index (χ3v) is 4.39. The summed E-state index contributed by atoms with van der Waals surface area (Å²) in [6, 6.07) is 0. The SMILES string of the molecule is CCCCC(CCC)C1=CC2CCC1C2.O=S(=O)(O)O. The van der Waals surface area contributed by atoms with E-state index in [-0.39, 0.29) is 0 Å². The number of hydrogen-bond acceptors (Lipinski definition) is 2. The van der Waals surface area contributed by atoms with E-state index in [1.807, 2.05) is 5.57 Å². The van der Waals surface area contributed by atoms with Gasteiger partial charge in [0.1, 0.15) is 0 Å². The normalized spacial score (nSPS) is 25.9. The first-order valence-corrected chi connectivity index (χ1v) is 9.16. The molecule has 20 heavy (non-hydrogen) atoms. The highest BCUT2D eigenvalue weighted by Gasteiger charge is 2.35. The Morgan fingerprint density at radius 1 is 1.20 bits per heavy atom. The first kappa shape index (κ1) is 17.7. The molecule has 3 unspecified atom stereocenters. The summed E-state index contributed by atoms with van der Waals surface area (Å²) in [5, 5.41) is 0. The minimum Gasteiger partial charge on any atom is -0.264 e. The summed E-state index contributed by atoms with van der Waals surface area (Å²) >= 11 is 0. The molecule has 3 atom stereocenters. The largest absolute Gasteiger partial charge is 0.394 e. The van der Waals surface area contributed by atoms with Crippen LogP contribution in [-0.4, -0.2) is 17.5 Å². The Morgan fingerprint density at radius 2 is 1.85 bits per heavy atom. The highest BCUT2D eigenvalue weighted by molar-refractivity contribution is 7.79. The van der Waals surface area contributed by atoms with Crippen molar-refractivity contribution in [1.29, 1.82) is 0 Å². The van der Waals surface area contributed by atoms with Gasteiger partial charge in [-0.2, -0.15) is 8.42 Å². The lowest BCUT2D eigenvalue weighted by Gasteiger charge is -2.23. The van der Waals surface area contributed by atoms with Crippen molar-refractivity contribution in [3.63, 3.8) is 0 Å². The van der Waals surface area contributed by atoms with E-state index in [1.165, 1.54) is 51.4 Å². The molecule has 2 aliphatic carbocycles. The summed E-state index contributed by atoms with van der Waals surface area (Å²) in [5.74, 6) is 2.93. The van der Waals surface area contributed by atoms with Crippen molar-refractivity contribution >= 4 is 10.4 Å². The smallest absolute Gasteiger partial charge is 0.264 e. The van der Waals surface area contributed by atoms with Crippen LogP contribution in [0, 0.1) is 17.8 Å². The molecule has 0 aromatic heterocycles. The number of fused-ring (bicyclic) bond motifs is 2. The van der Waals surface area contributed by atoms with E-state index in [2.05, 4.69) is 19.9 Å². The molecule has 2 aliphatic rings. The highest BCUT2D eigenvalue weighted by Crippen LogP contribution is 2.48. The van der Waals surface area contributed by atoms with Gasteiger partial charge in [-0.05, 0) is 49.9 Å². The Morgan fingerprint density at radius 3 is 2.25 bits per heavy atom. The monoisotopic (exact) mass is 304 g/mol. The quantitative estimate of drug-likeness (QED) is 0.567. The molecule has 5 heteroatoms. The van der Waals surface area contributed by atoms with E-state index >= 15 is 0 Å². The second-order valence-electron chi connectivity index (χ2n) is 6.01. The molecular weight excluding hydrogens is 276 g/mol. The van der Waals surface area contributed by atoms with E-state index in [0.717, 1.165) is 17.8 Å². The van der Waals surface area contributed by atoms with Crippen LogP contribution in [0.15, 0.2) is 11.6 Å². The minimum absolute atomic E-state index is 0.949. The predicted molar refractivity (Wildman–Crippen MR) is 81.0 cm³/mol. The van der Waals surface area contributed by atoms with Crippen LogP contribution in [0.25, 0.3) is 0 Å². The van der Waals surface area contributed by atoms with Gasteiger partial charge in [-0.15, -0.1) is 0 Å². The van der Waals surface area contributed by atoms with E-state index in [0.29, 0.717) is 0 Å². The molecule has 0 radical (unpaired) electrons. The average molecular weight is 304 g/mol. The molecule has 0 aliphatic heterocycles. The number of unbranched alkanes of at least 4 members (excludes halogenated alkanes) is 1. The Balaban J connectivity index is 0.000000347. The van der Waals surface area contributed by atoms with Gasteiger partial charge in [0.05, 0.1) is 0 Å². The fraction of sp³-hybridized carbons (Fsp3) is 0.867. The summed E-state index contributed by atoms with van der Waals surface area (Å²) in [5.41, 5.74) is 1.88. The molecule has 0 aromatic rings. The summed E-state index contributed by atoms with van der Waals surface area (Å²) in [6.45, 7) is 4.66. The molecule has 1 fully saturated rings. The van der Waals surface area contributed by atoms with Crippen molar-refractivity contribution < 1.29 is 17.5 Å². The first-order chi connectivity index (χ1) is 9.35. The van der Waals surface area contributed by atoms with Crippen LogP contribution in [0.2, 0.25) is 0 Å². The van der Waals surface area contributed by atoms with E-state index in [4.69, 9.17) is 17.5 Å². The second-order valence-corrected chi connectivity index (χ2v) is 6.91. The third kappa shape index (κ3) is 6.37. The third-order valence-electron chi connectivity index (χ3n) is 4.39. The first-order valence-electron chi connectivity index (χ1n) is 7.76. The van der Waals surface area contributed by atoms with Gasteiger partial charge in [0.15, 0.2) is 0 Å². The van der Waals surface area contributed by atoms with Crippen molar-refractivity contribution in [2.24, 2.45) is 17.8 Å². The molecule has 2 rings (SSSR count). The van der Waals surface area contributed by atoms with Gasteiger partial charge in [0.25, 0.3) is 0 Å². The maximum Gasteiger partial charge on any atom is 0.394 e. The van der Waals surface area contributed by atoms with Gasteiger partial charge in [-0.25, -0.2) is 0 Å². The van der Waals surface area contributed by atoms with Gasteiger partial charge in [0, 0.05) is 0 Å². The molecule has 0 spiro atoms. The summed E-state index contributed by atoms with van der Waals surface area (Å²) in [4.78, 5) is 0.